The zero-order chi connectivity index (χ0) is 23.4. The number of carbonyl (C=O) groups excluding carboxylic acids is 2. The van der Waals surface area contributed by atoms with Crippen LogP contribution in [0, 0.1) is 17.0 Å². The highest BCUT2D eigenvalue weighted by atomic mass is 16.6. The van der Waals surface area contributed by atoms with Crippen molar-refractivity contribution in [3.63, 3.8) is 0 Å². The van der Waals surface area contributed by atoms with Crippen LogP contribution in [0.5, 0.6) is 0 Å². The minimum Gasteiger partial charge on any atom is -0.507 e. The summed E-state index contributed by atoms with van der Waals surface area (Å²) in [7, 11) is 0. The summed E-state index contributed by atoms with van der Waals surface area (Å²) in [5.74, 6) is -1.96. The summed E-state index contributed by atoms with van der Waals surface area (Å²) in [4.78, 5) is 37.9. The molecular weight excluding hydrogens is 412 g/mol. The van der Waals surface area contributed by atoms with Gasteiger partial charge in [-0.3, -0.25) is 19.7 Å². The highest BCUT2D eigenvalue weighted by Gasteiger charge is 2.45. The number of hydrogen-bond donors (Lipinski definition) is 1. The number of Topliss-reactive ketones (excluding diaryl/α,β-unsaturated/α-hetero) is 1. The van der Waals surface area contributed by atoms with Crippen LogP contribution in [0.2, 0.25) is 0 Å². The van der Waals surface area contributed by atoms with Gasteiger partial charge in [-0.2, -0.15) is 0 Å². The lowest BCUT2D eigenvalue weighted by atomic mass is 9.94. The predicted octanol–water partition coefficient (Wildman–Crippen LogP) is 4.14. The highest BCUT2D eigenvalue weighted by molar-refractivity contribution is 6.46. The zero-order valence-corrected chi connectivity index (χ0v) is 18.3. The maximum absolute atomic E-state index is 13.0. The molecule has 2 aromatic rings. The predicted molar refractivity (Wildman–Crippen MR) is 119 cm³/mol. The number of nitrogens with zero attached hydrogens (tertiary/aromatic N) is 2. The lowest BCUT2D eigenvalue weighted by Crippen LogP contribution is -2.31. The average Bonchev–Trinajstić information content (AvgIpc) is 3.01. The molecule has 32 heavy (non-hydrogen) atoms. The van der Waals surface area contributed by atoms with Gasteiger partial charge in [0.1, 0.15) is 5.76 Å². The van der Waals surface area contributed by atoms with Crippen molar-refractivity contribution in [2.45, 2.75) is 39.3 Å². The molecule has 0 radical (unpaired) electrons. The van der Waals surface area contributed by atoms with Crippen molar-refractivity contribution in [3.8, 4) is 0 Å². The van der Waals surface area contributed by atoms with Gasteiger partial charge < -0.3 is 14.7 Å². The molecule has 0 saturated carbocycles. The third-order valence-electron chi connectivity index (χ3n) is 5.22. The number of hydrogen-bond acceptors (Lipinski definition) is 6. The van der Waals surface area contributed by atoms with Crippen LogP contribution in [0.3, 0.4) is 0 Å². The Bertz CT molecular complexity index is 1080. The van der Waals surface area contributed by atoms with E-state index >= 15 is 0 Å². The van der Waals surface area contributed by atoms with Crippen LogP contribution in [0.1, 0.15) is 43.0 Å². The fourth-order valence-corrected chi connectivity index (χ4v) is 3.77. The molecule has 1 fully saturated rings. The van der Waals surface area contributed by atoms with Crippen LogP contribution in [0.25, 0.3) is 5.76 Å². The number of carbonyl (C=O) groups is 2. The topological polar surface area (TPSA) is 110 Å². The molecule has 1 atom stereocenters. The third-order valence-corrected chi connectivity index (χ3v) is 5.22. The van der Waals surface area contributed by atoms with Gasteiger partial charge in [-0.1, -0.05) is 42.0 Å². The molecule has 1 unspecified atom stereocenters. The van der Waals surface area contributed by atoms with E-state index in [1.54, 1.807) is 6.07 Å². The second-order valence-corrected chi connectivity index (χ2v) is 7.99. The van der Waals surface area contributed by atoms with Gasteiger partial charge in [-0.25, -0.2) is 0 Å². The van der Waals surface area contributed by atoms with E-state index in [1.165, 1.54) is 29.2 Å². The van der Waals surface area contributed by atoms with Crippen LogP contribution in [-0.2, 0) is 14.3 Å². The van der Waals surface area contributed by atoms with Crippen LogP contribution in [0.15, 0.2) is 54.1 Å². The number of non-ortho nitro benzene ring substituents is 1. The van der Waals surface area contributed by atoms with E-state index in [0.29, 0.717) is 18.6 Å². The lowest BCUT2D eigenvalue weighted by molar-refractivity contribution is -0.384. The molecule has 8 heteroatoms. The zero-order valence-electron chi connectivity index (χ0n) is 18.3. The Kier molecular flexibility index (Phi) is 7.05. The molecule has 1 heterocycles. The van der Waals surface area contributed by atoms with Gasteiger partial charge in [0.05, 0.1) is 22.6 Å². The van der Waals surface area contributed by atoms with E-state index in [2.05, 4.69) is 0 Å². The summed E-state index contributed by atoms with van der Waals surface area (Å²) in [5.41, 5.74) is 1.43. The maximum Gasteiger partial charge on any atom is 0.295 e. The van der Waals surface area contributed by atoms with E-state index in [0.717, 1.165) is 5.56 Å². The molecule has 1 N–H and O–H groups in total. The molecule has 1 aliphatic rings. The molecule has 0 aromatic heterocycles. The number of benzene rings is 2. The molecular formula is C24H26N2O6. The van der Waals surface area contributed by atoms with Gasteiger partial charge in [0, 0.05) is 30.8 Å². The number of nitro benzene ring substituents is 1. The number of amides is 1. The lowest BCUT2D eigenvalue weighted by Gasteiger charge is -2.25. The summed E-state index contributed by atoms with van der Waals surface area (Å²) in [6.07, 6.45) is 0.566. The Morgan fingerprint density at radius 2 is 1.91 bits per heavy atom. The first-order valence-corrected chi connectivity index (χ1v) is 10.4. The standard InChI is InChI=1S/C24H26N2O6/c1-15(2)32-12-6-11-25-21(17-8-4-7-16(3)13-17)20(23(28)24(25)29)22(27)18-9-5-10-19(14-18)26(30)31/h4-5,7-10,13-15,21,27H,6,11-12H2,1-3H3/b22-20-. The van der Waals surface area contributed by atoms with Crippen molar-refractivity contribution in [1.29, 1.82) is 0 Å². The first-order chi connectivity index (χ1) is 15.2. The Morgan fingerprint density at radius 1 is 1.19 bits per heavy atom. The number of nitro groups is 1. The summed E-state index contributed by atoms with van der Waals surface area (Å²) in [6, 6.07) is 11.9. The molecule has 0 spiro atoms. The first-order valence-electron chi connectivity index (χ1n) is 10.4. The van der Waals surface area contributed by atoms with Crippen LogP contribution in [0.4, 0.5) is 5.69 Å². The number of aliphatic hydroxyl groups excluding tert-OH is 1. The quantitative estimate of drug-likeness (QED) is 0.166. The Hall–Kier alpha value is -3.52. The molecule has 2 aromatic carbocycles. The molecule has 3 rings (SSSR count). The number of rotatable bonds is 8. The van der Waals surface area contributed by atoms with Crippen molar-refractivity contribution in [3.05, 3.63) is 80.9 Å². The Balaban J connectivity index is 2.07. The van der Waals surface area contributed by atoms with E-state index in [9.17, 15) is 24.8 Å². The van der Waals surface area contributed by atoms with Crippen LogP contribution < -0.4 is 0 Å². The maximum atomic E-state index is 13.0. The number of ketones is 1. The molecule has 1 aliphatic heterocycles. The number of aryl methyl sites for hydroxylation is 1. The Morgan fingerprint density at radius 3 is 2.56 bits per heavy atom. The molecule has 168 valence electrons. The van der Waals surface area contributed by atoms with Crippen LogP contribution in [-0.4, -0.2) is 45.9 Å². The summed E-state index contributed by atoms with van der Waals surface area (Å²) in [5, 5.41) is 22.2. The fraction of sp³-hybridized carbons (Fsp3) is 0.333. The summed E-state index contributed by atoms with van der Waals surface area (Å²) in [6.45, 7) is 6.41. The Labute approximate surface area is 186 Å². The van der Waals surface area contributed by atoms with Gasteiger partial charge >= 0.3 is 0 Å². The monoisotopic (exact) mass is 438 g/mol. The number of likely N-dealkylation sites (tertiary alicyclic amines) is 1. The number of aliphatic hydroxyl groups is 1. The van der Waals surface area contributed by atoms with Gasteiger partial charge in [0.2, 0.25) is 0 Å². The van der Waals surface area contributed by atoms with E-state index < -0.39 is 28.4 Å². The van der Waals surface area contributed by atoms with Crippen molar-refractivity contribution in [2.24, 2.45) is 0 Å². The molecule has 1 amide bonds. The van der Waals surface area contributed by atoms with Crippen molar-refractivity contribution in [2.75, 3.05) is 13.2 Å². The second-order valence-electron chi connectivity index (χ2n) is 7.99. The SMILES string of the molecule is Cc1cccc(C2/C(=C(/O)c3cccc([N+](=O)[O-])c3)C(=O)C(=O)N2CCCOC(C)C)c1. The van der Waals surface area contributed by atoms with E-state index in [-0.39, 0.29) is 29.5 Å². The van der Waals surface area contributed by atoms with Gasteiger partial charge in [-0.05, 0) is 32.8 Å². The summed E-state index contributed by atoms with van der Waals surface area (Å²) >= 11 is 0. The normalized spacial score (nSPS) is 17.9. The van der Waals surface area contributed by atoms with E-state index in [1.807, 2.05) is 39.0 Å². The minimum absolute atomic E-state index is 0.0480. The smallest absolute Gasteiger partial charge is 0.295 e. The van der Waals surface area contributed by atoms with Crippen LogP contribution >= 0.6 is 0 Å². The van der Waals surface area contributed by atoms with Crippen molar-refractivity contribution < 1.29 is 24.4 Å². The first kappa shape index (κ1) is 23.1. The van der Waals surface area contributed by atoms with Gasteiger partial charge in [-0.15, -0.1) is 0 Å². The molecule has 8 nitrogen and oxygen atoms in total. The fourth-order valence-electron chi connectivity index (χ4n) is 3.77. The minimum atomic E-state index is -0.815. The average molecular weight is 438 g/mol. The molecule has 0 aliphatic carbocycles. The summed E-state index contributed by atoms with van der Waals surface area (Å²) < 4.78 is 5.55. The number of ether oxygens (including phenoxy) is 1. The van der Waals surface area contributed by atoms with Gasteiger partial charge in [0.25, 0.3) is 17.4 Å². The van der Waals surface area contributed by atoms with Crippen molar-refractivity contribution >= 4 is 23.1 Å². The largest absolute Gasteiger partial charge is 0.507 e. The highest BCUT2D eigenvalue weighted by Crippen LogP contribution is 2.40. The second kappa shape index (κ2) is 9.74. The molecule has 0 bridgehead atoms. The van der Waals surface area contributed by atoms with Crippen molar-refractivity contribution in [1.82, 2.24) is 4.90 Å². The third kappa shape index (κ3) is 4.86. The molecule has 1 saturated heterocycles. The van der Waals surface area contributed by atoms with Gasteiger partial charge in [0.15, 0.2) is 0 Å². The van der Waals surface area contributed by atoms with E-state index in [4.69, 9.17) is 4.74 Å².